The van der Waals surface area contributed by atoms with E-state index in [4.69, 9.17) is 0 Å². The van der Waals surface area contributed by atoms with Crippen LogP contribution >= 0.6 is 0 Å². The molecule has 0 aromatic heterocycles. The van der Waals surface area contributed by atoms with Crippen molar-refractivity contribution in [2.75, 3.05) is 5.08 Å². The van der Waals surface area contributed by atoms with Gasteiger partial charge in [-0.05, 0) is 35.4 Å². The van der Waals surface area contributed by atoms with E-state index in [2.05, 4.69) is 21.4 Å². The number of hydrogen-bond acceptors (Lipinski definition) is 8. The molecule has 0 bridgehead atoms. The Labute approximate surface area is 181 Å². The molecule has 0 N–H and O–H groups in total. The van der Waals surface area contributed by atoms with Crippen LogP contribution in [0.3, 0.4) is 0 Å². The lowest BCUT2D eigenvalue weighted by Crippen LogP contribution is -2.19. The van der Waals surface area contributed by atoms with Gasteiger partial charge in [0.25, 0.3) is 0 Å². The second-order valence-corrected chi connectivity index (χ2v) is 13.2. The van der Waals surface area contributed by atoms with Gasteiger partial charge in [0.15, 0.2) is 0 Å². The zero-order valence-electron chi connectivity index (χ0n) is 15.7. The zero-order valence-corrected chi connectivity index (χ0v) is 19.0. The molecule has 0 saturated carbocycles. The van der Waals surface area contributed by atoms with E-state index >= 15 is 0 Å². The van der Waals surface area contributed by atoms with Crippen molar-refractivity contribution < 1.29 is 33.7 Å². The molecule has 2 rings (SSSR count). The Hall–Kier alpha value is -2.36. The first kappa shape index (κ1) is 24.9. The Balaban J connectivity index is 2.21. The Morgan fingerprint density at radius 1 is 0.581 bits per heavy atom. The minimum Gasteiger partial charge on any atom is -0.431 e. The number of nitrogens with zero attached hydrogens (tertiary/aromatic N) is 2. The maximum atomic E-state index is 12.2. The van der Waals surface area contributed by atoms with Gasteiger partial charge in [-0.3, -0.25) is 0 Å². The van der Waals surface area contributed by atoms with Crippen LogP contribution in [0.1, 0.15) is 11.1 Å². The highest BCUT2D eigenvalue weighted by molar-refractivity contribution is 8.21. The predicted octanol–water partition coefficient (Wildman–Crippen LogP) is 2.41. The van der Waals surface area contributed by atoms with Gasteiger partial charge >= 0.3 is 0 Å². The fourth-order valence-corrected chi connectivity index (χ4v) is 8.83. The van der Waals surface area contributed by atoms with Crippen LogP contribution in [-0.2, 0) is 40.1 Å². The lowest BCUT2D eigenvalue weighted by atomic mass is 10.2. The molecular weight excluding hydrogens is 488 g/mol. The highest BCUT2D eigenvalue weighted by Gasteiger charge is 2.18. The normalized spacial score (nSPS) is 12.9. The fraction of sp³-hybridized carbons (Fsp3) is 0.0588. The number of sulfonamides is 4. The van der Waals surface area contributed by atoms with Gasteiger partial charge < -0.3 is 8.25 Å². The molecule has 0 saturated heterocycles. The van der Waals surface area contributed by atoms with Crippen LogP contribution < -0.4 is 0 Å². The summed E-state index contributed by atoms with van der Waals surface area (Å²) in [6, 6.07) is 9.56. The summed E-state index contributed by atoms with van der Waals surface area (Å²) < 4.78 is 102. The average Bonchev–Trinajstić information content (AvgIpc) is 2.65. The molecule has 0 spiro atoms. The fourth-order valence-electron chi connectivity index (χ4n) is 2.17. The van der Waals surface area contributed by atoms with Gasteiger partial charge in [0.05, 0.1) is 20.0 Å². The first-order valence-electron chi connectivity index (χ1n) is 8.09. The Morgan fingerprint density at radius 2 is 0.871 bits per heavy atom. The zero-order chi connectivity index (χ0) is 23.5. The van der Waals surface area contributed by atoms with Crippen LogP contribution in [-0.4, -0.2) is 38.8 Å². The summed E-state index contributed by atoms with van der Waals surface area (Å²) in [4.78, 5) is -1.02. The smallest absolute Gasteiger partial charge is 0.119 e. The van der Waals surface area contributed by atoms with Crippen LogP contribution in [0.5, 0.6) is 0 Å². The Morgan fingerprint density at radius 3 is 1.13 bits per heavy atom. The average molecular weight is 505 g/mol. The third-order valence-electron chi connectivity index (χ3n) is 3.55. The molecule has 0 unspecified atom stereocenters. The van der Waals surface area contributed by atoms with E-state index in [9.17, 15) is 33.7 Å². The molecule has 168 valence electrons. The van der Waals surface area contributed by atoms with E-state index in [1.807, 2.05) is 0 Å². The van der Waals surface area contributed by atoms with Gasteiger partial charge in [-0.1, -0.05) is 49.6 Å². The SMILES string of the molecule is C=Cc1ccc(S(=O)(=O)[N-]S(=O)(=O)CS(=O)(=O)[N-]S(=O)(=O)c2ccc(C=C)cc2)cc1. The first-order chi connectivity index (χ1) is 14.2. The summed E-state index contributed by atoms with van der Waals surface area (Å²) >= 11 is 0. The molecule has 10 nitrogen and oxygen atoms in total. The standard InChI is InChI=1S/C17H16N2O8S4/c1-3-14-5-9-16(10-6-14)30(24,25)18-28(20,21)13-29(22,23)19-31(26,27)17-11-7-15(4-2)8-12-17/h3-12H,1-2,13H2/q-2. The predicted molar refractivity (Wildman–Crippen MR) is 117 cm³/mol. The molecule has 0 heterocycles. The molecule has 0 radical (unpaired) electrons. The largest absolute Gasteiger partial charge is 0.431 e. The van der Waals surface area contributed by atoms with Crippen LogP contribution in [0.15, 0.2) is 71.5 Å². The van der Waals surface area contributed by atoms with Crippen molar-refractivity contribution in [3.8, 4) is 0 Å². The number of hydrogen-bond donors (Lipinski definition) is 0. The minimum absolute atomic E-state index is 0.508. The molecule has 0 amide bonds. The molecule has 0 atom stereocenters. The summed E-state index contributed by atoms with van der Waals surface area (Å²) in [6.07, 6.45) is 2.84. The van der Waals surface area contributed by atoms with Crippen molar-refractivity contribution in [2.24, 2.45) is 0 Å². The van der Waals surface area contributed by atoms with Crippen LogP contribution in [0.4, 0.5) is 0 Å². The summed E-state index contributed by atoms with van der Waals surface area (Å²) in [6.45, 7) is 6.97. The molecule has 2 aromatic rings. The van der Waals surface area contributed by atoms with Crippen LogP contribution in [0, 0.1) is 0 Å². The highest BCUT2D eigenvalue weighted by Crippen LogP contribution is 2.26. The van der Waals surface area contributed by atoms with Gasteiger partial charge in [-0.2, -0.15) is 0 Å². The molecule has 0 fully saturated rings. The van der Waals surface area contributed by atoms with Crippen molar-refractivity contribution in [2.45, 2.75) is 9.79 Å². The molecule has 0 aliphatic heterocycles. The third kappa shape index (κ3) is 6.81. The van der Waals surface area contributed by atoms with Crippen molar-refractivity contribution in [3.05, 3.63) is 81.1 Å². The topological polar surface area (TPSA) is 165 Å². The van der Waals surface area contributed by atoms with E-state index in [-0.39, 0.29) is 0 Å². The van der Waals surface area contributed by atoms with Crippen molar-refractivity contribution in [1.29, 1.82) is 0 Å². The minimum atomic E-state index is -5.17. The van der Waals surface area contributed by atoms with E-state index in [1.54, 1.807) is 0 Å². The van der Waals surface area contributed by atoms with Crippen LogP contribution in [0.2, 0.25) is 0 Å². The summed E-state index contributed by atoms with van der Waals surface area (Å²) in [5.41, 5.74) is 1.10. The lowest BCUT2D eigenvalue weighted by Gasteiger charge is -2.25. The molecule has 2 aromatic carbocycles. The second-order valence-electron chi connectivity index (χ2n) is 5.93. The summed E-state index contributed by atoms with van der Waals surface area (Å²) in [5, 5.41) is -1.95. The quantitative estimate of drug-likeness (QED) is 0.476. The van der Waals surface area contributed by atoms with E-state index in [1.165, 1.54) is 36.4 Å². The summed E-state index contributed by atoms with van der Waals surface area (Å²) in [5.74, 6) is 0. The molecule has 0 aliphatic carbocycles. The second kappa shape index (κ2) is 9.02. The molecule has 14 heteroatoms. The van der Waals surface area contributed by atoms with Crippen molar-refractivity contribution in [3.63, 3.8) is 0 Å². The van der Waals surface area contributed by atoms with E-state index in [0.29, 0.717) is 11.1 Å². The third-order valence-corrected chi connectivity index (χ3v) is 11.1. The first-order valence-corrected chi connectivity index (χ1v) is 14.2. The number of rotatable bonds is 10. The number of benzene rings is 2. The van der Waals surface area contributed by atoms with Gasteiger partial charge in [-0.15, -0.1) is 0 Å². The Kier molecular flexibility index (Phi) is 7.24. The van der Waals surface area contributed by atoms with Crippen molar-refractivity contribution in [1.82, 2.24) is 0 Å². The van der Waals surface area contributed by atoms with E-state index < -0.39 is 55.0 Å². The molecule has 0 aliphatic rings. The van der Waals surface area contributed by atoms with E-state index in [0.717, 1.165) is 24.3 Å². The maximum absolute atomic E-state index is 12.2. The van der Waals surface area contributed by atoms with Gasteiger partial charge in [-0.25, -0.2) is 33.7 Å². The van der Waals surface area contributed by atoms with Crippen molar-refractivity contribution >= 4 is 52.2 Å². The molecule has 31 heavy (non-hydrogen) atoms. The maximum Gasteiger partial charge on any atom is 0.119 e. The summed E-state index contributed by atoms with van der Waals surface area (Å²) in [7, 11) is -19.9. The van der Waals surface area contributed by atoms with Gasteiger partial charge in [0, 0.05) is 9.79 Å². The monoisotopic (exact) mass is 504 g/mol. The lowest BCUT2D eigenvalue weighted by molar-refractivity contribution is 0.593. The highest BCUT2D eigenvalue weighted by atomic mass is 32.3. The van der Waals surface area contributed by atoms with Crippen LogP contribution in [0.25, 0.3) is 20.4 Å². The molecular formula is C17H16N2O8S4-2. The Bertz CT molecular complexity index is 1300. The van der Waals surface area contributed by atoms with Gasteiger partial charge in [0.2, 0.25) is 0 Å². The van der Waals surface area contributed by atoms with Gasteiger partial charge in [0.1, 0.15) is 25.1 Å².